The highest BCUT2D eigenvalue weighted by Gasteiger charge is 2.50. The van der Waals surface area contributed by atoms with Crippen LogP contribution in [0.4, 0.5) is 42.0 Å². The van der Waals surface area contributed by atoms with Crippen molar-refractivity contribution >= 4 is 49.2 Å². The fraction of sp³-hybridized carbons (Fsp3) is 0.526. The van der Waals surface area contributed by atoms with E-state index in [-0.39, 0.29) is 88.2 Å². The first kappa shape index (κ1) is 38.3. The minimum absolute atomic E-state index is 0.0256. The van der Waals surface area contributed by atoms with Crippen LogP contribution in [-0.2, 0) is 10.9 Å². The number of halogens is 6. The monoisotopic (exact) mass is 802 g/mol. The van der Waals surface area contributed by atoms with Crippen LogP contribution < -0.4 is 15.4 Å². The summed E-state index contributed by atoms with van der Waals surface area (Å²) in [5.74, 6) is -2.23. The first-order valence-electron chi connectivity index (χ1n) is 18.7. The second kappa shape index (κ2) is 14.4. The SMILES string of the molecule is CCOC1CN(C(=O)N2CCC(N(CC)c3nc(OCC45CCCN4CC(F)C5)nc4c(F)c(-c5ccc(F)c6sc(N)c(C#N)c56)c(C(F)(F)F)cc34)C2)C1. The van der Waals surface area contributed by atoms with Crippen molar-refractivity contribution in [1.29, 1.82) is 5.26 Å². The number of likely N-dealkylation sites (tertiary alicyclic amines) is 2. The van der Waals surface area contributed by atoms with Gasteiger partial charge in [0.2, 0.25) is 0 Å². The van der Waals surface area contributed by atoms with E-state index in [0.29, 0.717) is 57.0 Å². The van der Waals surface area contributed by atoms with Gasteiger partial charge in [-0.1, -0.05) is 6.07 Å². The highest BCUT2D eigenvalue weighted by Crippen LogP contribution is 2.48. The van der Waals surface area contributed by atoms with Crippen molar-refractivity contribution in [1.82, 2.24) is 24.7 Å². The van der Waals surface area contributed by atoms with Crippen LogP contribution in [0.1, 0.15) is 50.7 Å². The number of nitriles is 1. The van der Waals surface area contributed by atoms with Gasteiger partial charge < -0.3 is 29.9 Å². The van der Waals surface area contributed by atoms with Crippen LogP contribution in [0.25, 0.3) is 32.1 Å². The Bertz CT molecular complexity index is 2240. The molecule has 2 amide bonds. The van der Waals surface area contributed by atoms with Gasteiger partial charge in [0.25, 0.3) is 0 Å². The molecule has 4 aromatic rings. The number of hydrogen-bond acceptors (Lipinski definition) is 10. The highest BCUT2D eigenvalue weighted by molar-refractivity contribution is 7.23. The van der Waals surface area contributed by atoms with E-state index in [0.717, 1.165) is 24.6 Å². The van der Waals surface area contributed by atoms with E-state index >= 15 is 22.0 Å². The molecule has 4 fully saturated rings. The lowest BCUT2D eigenvalue weighted by atomic mass is 9.92. The minimum atomic E-state index is -5.13. The Balaban J connectivity index is 1.26. The second-order valence-corrected chi connectivity index (χ2v) is 15.9. The van der Waals surface area contributed by atoms with Crippen LogP contribution in [0, 0.1) is 23.0 Å². The van der Waals surface area contributed by atoms with Gasteiger partial charge in [0.1, 0.15) is 41.0 Å². The molecule has 3 unspecified atom stereocenters. The van der Waals surface area contributed by atoms with Crippen LogP contribution in [0.5, 0.6) is 6.01 Å². The number of fused-ring (bicyclic) bond motifs is 3. The van der Waals surface area contributed by atoms with Gasteiger partial charge >= 0.3 is 18.2 Å². The summed E-state index contributed by atoms with van der Waals surface area (Å²) >= 11 is 0.681. The summed E-state index contributed by atoms with van der Waals surface area (Å²) in [5, 5.41) is 9.28. The maximum atomic E-state index is 17.3. The molecule has 4 aliphatic rings. The number of likely N-dealkylation sites (N-methyl/N-ethyl adjacent to an activating group) is 1. The number of alkyl halides is 4. The lowest BCUT2D eigenvalue weighted by Crippen LogP contribution is -2.58. The van der Waals surface area contributed by atoms with E-state index in [2.05, 4.69) is 9.97 Å². The number of nitrogen functional groups attached to an aromatic ring is 1. The second-order valence-electron chi connectivity index (χ2n) is 14.9. The zero-order chi connectivity index (χ0) is 39.7. The van der Waals surface area contributed by atoms with E-state index in [4.69, 9.17) is 15.2 Å². The summed E-state index contributed by atoms with van der Waals surface area (Å²) < 4.78 is 104. The predicted molar refractivity (Wildman–Crippen MR) is 198 cm³/mol. The molecule has 0 bridgehead atoms. The number of urea groups is 1. The number of thiophene rings is 1. The Kier molecular flexibility index (Phi) is 9.85. The molecule has 3 atom stereocenters. The topological polar surface area (TPSA) is 124 Å². The van der Waals surface area contributed by atoms with Crippen molar-refractivity contribution in [2.24, 2.45) is 0 Å². The standard InChI is InChI=1S/C38H40F6N8O3S/c1-3-52(21-8-11-49(16-21)36(53)50-17-22(18-50)54-4-2)34-24-12-26(38(42,43)44)29(23-6-7-27(40)32-28(23)25(14-45)33(46)56-32)30(41)31(24)47-35(48-34)55-19-37-9-5-10-51(37)15-20(39)13-37/h6-7,12,20-22H,3-5,8-11,13,15-19,46H2,1-2H3. The number of amides is 2. The molecule has 18 heteroatoms. The Morgan fingerprint density at radius 3 is 2.64 bits per heavy atom. The van der Waals surface area contributed by atoms with Gasteiger partial charge in [-0.05, 0) is 57.4 Å². The van der Waals surface area contributed by atoms with E-state index in [1.165, 1.54) is 0 Å². The van der Waals surface area contributed by atoms with E-state index < -0.39 is 52.2 Å². The van der Waals surface area contributed by atoms with Gasteiger partial charge in [-0.25, -0.2) is 18.0 Å². The normalized spacial score (nSPS) is 22.9. The van der Waals surface area contributed by atoms with E-state index in [1.807, 2.05) is 17.9 Å². The van der Waals surface area contributed by atoms with Crippen LogP contribution >= 0.6 is 11.3 Å². The third-order valence-electron chi connectivity index (χ3n) is 11.6. The number of carbonyl (C=O) groups excluding carboxylic acids is 1. The van der Waals surface area contributed by atoms with Gasteiger partial charge in [-0.3, -0.25) is 4.90 Å². The molecule has 4 aliphatic heterocycles. The molecule has 8 rings (SSSR count). The number of nitrogens with zero attached hydrogens (tertiary/aromatic N) is 7. The fourth-order valence-electron chi connectivity index (χ4n) is 9.00. The molecule has 0 spiro atoms. The molecule has 11 nitrogen and oxygen atoms in total. The fourth-order valence-corrected chi connectivity index (χ4v) is 9.95. The largest absolute Gasteiger partial charge is 0.461 e. The summed E-state index contributed by atoms with van der Waals surface area (Å²) in [6.07, 6.45) is -4.07. The van der Waals surface area contributed by atoms with E-state index in [1.54, 1.807) is 21.6 Å². The quantitative estimate of drug-likeness (QED) is 0.179. The number of aromatic nitrogens is 2. The molecule has 56 heavy (non-hydrogen) atoms. The summed E-state index contributed by atoms with van der Waals surface area (Å²) in [6, 6.07) is 3.63. The molecule has 0 aliphatic carbocycles. The first-order chi connectivity index (χ1) is 26.8. The van der Waals surface area contributed by atoms with Crippen molar-refractivity contribution in [3.63, 3.8) is 0 Å². The molecular formula is C38H40F6N8O3S. The molecule has 6 heterocycles. The van der Waals surface area contributed by atoms with Gasteiger partial charge in [0.05, 0.1) is 40.6 Å². The minimum Gasteiger partial charge on any atom is -0.461 e. The average molecular weight is 803 g/mol. The lowest BCUT2D eigenvalue weighted by molar-refractivity contribution is -0.137. The molecule has 0 radical (unpaired) electrons. The van der Waals surface area contributed by atoms with Crippen LogP contribution in [0.2, 0.25) is 0 Å². The summed E-state index contributed by atoms with van der Waals surface area (Å²) in [7, 11) is 0. The number of ether oxygens (including phenoxy) is 2. The van der Waals surface area contributed by atoms with Crippen molar-refractivity contribution < 1.29 is 40.6 Å². The number of benzene rings is 2. The first-order valence-corrected chi connectivity index (χ1v) is 19.5. The number of nitrogens with two attached hydrogens (primary N) is 1. The van der Waals surface area contributed by atoms with Gasteiger partial charge in [0.15, 0.2) is 5.82 Å². The molecule has 2 aromatic heterocycles. The van der Waals surface area contributed by atoms with Gasteiger partial charge in [-0.15, -0.1) is 11.3 Å². The Morgan fingerprint density at radius 2 is 1.93 bits per heavy atom. The summed E-state index contributed by atoms with van der Waals surface area (Å²) in [6.45, 7) is 6.86. The van der Waals surface area contributed by atoms with Crippen LogP contribution in [0.3, 0.4) is 0 Å². The van der Waals surface area contributed by atoms with Crippen LogP contribution in [0.15, 0.2) is 18.2 Å². The number of carbonyl (C=O) groups is 1. The third kappa shape index (κ3) is 6.41. The number of rotatable bonds is 9. The lowest BCUT2D eigenvalue weighted by Gasteiger charge is -2.40. The average Bonchev–Trinajstić information content (AvgIpc) is 3.92. The molecule has 2 aromatic carbocycles. The van der Waals surface area contributed by atoms with Crippen molar-refractivity contribution in [3.8, 4) is 23.2 Å². The molecule has 298 valence electrons. The number of hydrogen-bond donors (Lipinski definition) is 1. The zero-order valence-electron chi connectivity index (χ0n) is 30.8. The Morgan fingerprint density at radius 1 is 1.14 bits per heavy atom. The maximum absolute atomic E-state index is 17.3. The maximum Gasteiger partial charge on any atom is 0.417 e. The van der Waals surface area contributed by atoms with Crippen molar-refractivity contribution in [2.45, 2.75) is 69.6 Å². The third-order valence-corrected chi connectivity index (χ3v) is 12.7. The van der Waals surface area contributed by atoms with E-state index in [9.17, 15) is 14.4 Å². The summed E-state index contributed by atoms with van der Waals surface area (Å²) in [5.41, 5.74) is 1.90. The highest BCUT2D eigenvalue weighted by atomic mass is 32.1. The number of anilines is 2. The smallest absolute Gasteiger partial charge is 0.417 e. The Labute approximate surface area is 322 Å². The predicted octanol–water partition coefficient (Wildman–Crippen LogP) is 6.96. The van der Waals surface area contributed by atoms with Gasteiger partial charge in [0, 0.05) is 61.6 Å². The Hall–Kier alpha value is -4.60. The molecule has 2 N–H and O–H groups in total. The molecule has 4 saturated heterocycles. The van der Waals surface area contributed by atoms with Gasteiger partial charge in [-0.2, -0.15) is 28.4 Å². The molecular weight excluding hydrogens is 763 g/mol. The van der Waals surface area contributed by atoms with Crippen molar-refractivity contribution in [3.05, 3.63) is 41.0 Å². The van der Waals surface area contributed by atoms with Crippen molar-refractivity contribution in [2.75, 3.05) is 69.7 Å². The molecule has 0 saturated carbocycles. The zero-order valence-corrected chi connectivity index (χ0v) is 31.6. The van der Waals surface area contributed by atoms with Crippen LogP contribution in [-0.4, -0.2) is 114 Å². The summed E-state index contributed by atoms with van der Waals surface area (Å²) in [4.78, 5) is 29.5.